The molecule has 0 amide bonds. The maximum Gasteiger partial charge on any atom is 0.118 e. The van der Waals surface area contributed by atoms with E-state index in [1.165, 1.54) is 44.3 Å². The molecule has 1 aliphatic heterocycles. The molecule has 7 aromatic rings. The Kier molecular flexibility index (Phi) is 6.42. The van der Waals surface area contributed by atoms with Crippen molar-refractivity contribution >= 4 is 38.0 Å². The van der Waals surface area contributed by atoms with Gasteiger partial charge in [-0.1, -0.05) is 97.1 Å². The van der Waals surface area contributed by atoms with Crippen molar-refractivity contribution in [3.05, 3.63) is 121 Å². The van der Waals surface area contributed by atoms with Crippen LogP contribution in [0.15, 0.2) is 115 Å². The third-order valence-electron chi connectivity index (χ3n) is 9.38. The molecule has 0 bridgehead atoms. The maximum absolute atomic E-state index is 10.9. The average molecular weight is 569 g/mol. The first-order valence-electron chi connectivity index (χ1n) is 15.5. The molecule has 212 valence electrons. The zero-order chi connectivity index (χ0) is 29.6. The smallest absolute Gasteiger partial charge is 0.118 e. The zero-order valence-corrected chi connectivity index (χ0v) is 24.8. The molecule has 0 atom stereocenters. The fraction of sp³-hybridized carbons (Fsp3) is 0.146. The number of nitriles is 1. The van der Waals surface area contributed by atoms with E-state index in [0.29, 0.717) is 0 Å². The number of rotatable bonds is 5. The van der Waals surface area contributed by atoms with Crippen molar-refractivity contribution in [1.29, 1.82) is 5.26 Å². The lowest BCUT2D eigenvalue weighted by atomic mass is 9.81. The van der Waals surface area contributed by atoms with Gasteiger partial charge in [-0.2, -0.15) is 5.26 Å². The summed E-state index contributed by atoms with van der Waals surface area (Å²) in [6.07, 6.45) is 3.50. The van der Waals surface area contributed by atoms with E-state index in [2.05, 4.69) is 114 Å². The monoisotopic (exact) mass is 568 g/mol. The Labute approximate surface area is 257 Å². The fourth-order valence-corrected chi connectivity index (χ4v) is 7.30. The van der Waals surface area contributed by atoms with Gasteiger partial charge in [0.15, 0.2) is 0 Å². The Morgan fingerprint density at radius 3 is 1.98 bits per heavy atom. The first-order valence-corrected chi connectivity index (χ1v) is 15.5. The summed E-state index contributed by atoms with van der Waals surface area (Å²) in [5.74, 6) is 0.799. The van der Waals surface area contributed by atoms with Gasteiger partial charge in [-0.05, 0) is 97.6 Å². The van der Waals surface area contributed by atoms with Gasteiger partial charge in [-0.25, -0.2) is 0 Å². The van der Waals surface area contributed by atoms with Crippen LogP contribution in [0.3, 0.4) is 0 Å². The van der Waals surface area contributed by atoms with Crippen LogP contribution in [0.1, 0.15) is 24.8 Å². The Morgan fingerprint density at radius 2 is 1.27 bits per heavy atom. The van der Waals surface area contributed by atoms with Crippen LogP contribution < -0.4 is 9.64 Å². The first kappa shape index (κ1) is 26.3. The molecular weight excluding hydrogens is 536 g/mol. The minimum Gasteiger partial charge on any atom is -0.497 e. The molecule has 44 heavy (non-hydrogen) atoms. The second-order valence-corrected chi connectivity index (χ2v) is 11.8. The molecule has 1 heterocycles. The number of piperidine rings is 1. The highest BCUT2D eigenvalue weighted by Gasteiger charge is 2.26. The summed E-state index contributed by atoms with van der Waals surface area (Å²) in [5, 5.41) is 18.5. The summed E-state index contributed by atoms with van der Waals surface area (Å²) in [5.41, 5.74) is 8.27. The van der Waals surface area contributed by atoms with Crippen LogP contribution in [0.4, 0.5) is 5.69 Å². The lowest BCUT2D eigenvalue weighted by Gasteiger charge is -2.32. The van der Waals surface area contributed by atoms with E-state index in [9.17, 15) is 5.26 Å². The molecule has 0 saturated carbocycles. The molecule has 3 nitrogen and oxygen atoms in total. The molecule has 0 aliphatic carbocycles. The molecule has 1 fully saturated rings. The van der Waals surface area contributed by atoms with Crippen molar-refractivity contribution < 1.29 is 4.74 Å². The number of hydrogen-bond donors (Lipinski definition) is 0. The van der Waals surface area contributed by atoms with E-state index in [1.807, 2.05) is 12.1 Å². The van der Waals surface area contributed by atoms with Crippen molar-refractivity contribution in [3.63, 3.8) is 0 Å². The Morgan fingerprint density at radius 1 is 0.614 bits per heavy atom. The number of benzene rings is 7. The van der Waals surface area contributed by atoms with Gasteiger partial charge in [0.1, 0.15) is 11.8 Å². The first-order chi connectivity index (χ1) is 21.7. The van der Waals surface area contributed by atoms with Crippen LogP contribution in [0, 0.1) is 11.3 Å². The second-order valence-electron chi connectivity index (χ2n) is 11.8. The van der Waals surface area contributed by atoms with Gasteiger partial charge < -0.3 is 9.64 Å². The summed E-state index contributed by atoms with van der Waals surface area (Å²) < 4.78 is 5.52. The summed E-state index contributed by atoms with van der Waals surface area (Å²) in [7, 11) is 1.69. The molecule has 7 aromatic carbocycles. The number of anilines is 1. The van der Waals surface area contributed by atoms with Crippen LogP contribution in [-0.2, 0) is 0 Å². The van der Waals surface area contributed by atoms with E-state index >= 15 is 0 Å². The molecular formula is C41H32N2O. The standard InChI is InChI=1S/C41H32N2O/c1-44-32-19-15-31(16-20-32)41-36(26-42)37(43-23-6-3-7-24-43)25-35(40(41)27-9-4-2-5-10-27)33-21-17-30-14-13-28-11-8-12-29-18-22-34(33)39(30)38(28)29/h2,4-5,8-22,25H,3,6-7,23-24H2,1H3. The van der Waals surface area contributed by atoms with Crippen LogP contribution in [-0.4, -0.2) is 20.2 Å². The van der Waals surface area contributed by atoms with Crippen molar-refractivity contribution in [3.8, 4) is 45.2 Å². The van der Waals surface area contributed by atoms with E-state index in [4.69, 9.17) is 4.74 Å². The Bertz CT molecular complexity index is 2170. The van der Waals surface area contributed by atoms with Crippen LogP contribution in [0.25, 0.3) is 65.7 Å². The molecule has 3 heteroatoms. The van der Waals surface area contributed by atoms with E-state index in [-0.39, 0.29) is 0 Å². The van der Waals surface area contributed by atoms with Gasteiger partial charge in [0, 0.05) is 18.7 Å². The zero-order valence-electron chi connectivity index (χ0n) is 24.8. The van der Waals surface area contributed by atoms with Gasteiger partial charge >= 0.3 is 0 Å². The normalized spacial score (nSPS) is 13.5. The molecule has 0 unspecified atom stereocenters. The lowest BCUT2D eigenvalue weighted by Crippen LogP contribution is -2.30. The third kappa shape index (κ3) is 4.18. The van der Waals surface area contributed by atoms with Crippen LogP contribution in [0.2, 0.25) is 0 Å². The predicted molar refractivity (Wildman–Crippen MR) is 184 cm³/mol. The van der Waals surface area contributed by atoms with Crippen molar-refractivity contribution in [2.45, 2.75) is 19.3 Å². The van der Waals surface area contributed by atoms with Gasteiger partial charge in [0.05, 0.1) is 18.4 Å². The topological polar surface area (TPSA) is 36.3 Å². The Balaban J connectivity index is 1.53. The van der Waals surface area contributed by atoms with E-state index in [0.717, 1.165) is 70.7 Å². The molecule has 0 spiro atoms. The average Bonchev–Trinajstić information content (AvgIpc) is 3.10. The second kappa shape index (κ2) is 10.7. The van der Waals surface area contributed by atoms with Gasteiger partial charge in [-0.3, -0.25) is 0 Å². The van der Waals surface area contributed by atoms with E-state index in [1.54, 1.807) is 7.11 Å². The summed E-state index contributed by atoms with van der Waals surface area (Å²) >= 11 is 0. The highest BCUT2D eigenvalue weighted by Crippen LogP contribution is 2.49. The largest absolute Gasteiger partial charge is 0.497 e. The summed E-state index contributed by atoms with van der Waals surface area (Å²) in [6, 6.07) is 43.9. The SMILES string of the molecule is COc1ccc(-c2c(C#N)c(N3CCCCC3)cc(-c3ccc4ccc5cccc6ccc3c4c56)c2-c2ccccc2)cc1. The highest BCUT2D eigenvalue weighted by atomic mass is 16.5. The predicted octanol–water partition coefficient (Wildman–Crippen LogP) is 10.5. The molecule has 1 saturated heterocycles. The minimum absolute atomic E-state index is 0.734. The van der Waals surface area contributed by atoms with Crippen molar-refractivity contribution in [1.82, 2.24) is 0 Å². The molecule has 8 rings (SSSR count). The fourth-order valence-electron chi connectivity index (χ4n) is 7.30. The Hall–Kier alpha value is -5.33. The molecule has 1 aliphatic rings. The third-order valence-corrected chi connectivity index (χ3v) is 9.38. The number of methoxy groups -OCH3 is 1. The number of ether oxygens (including phenoxy) is 1. The minimum atomic E-state index is 0.734. The van der Waals surface area contributed by atoms with Gasteiger partial charge in [-0.15, -0.1) is 0 Å². The highest BCUT2D eigenvalue weighted by molar-refractivity contribution is 6.26. The van der Waals surface area contributed by atoms with Crippen molar-refractivity contribution in [2.24, 2.45) is 0 Å². The molecule has 0 aromatic heterocycles. The molecule has 0 radical (unpaired) electrons. The van der Waals surface area contributed by atoms with Gasteiger partial charge in [0.25, 0.3) is 0 Å². The van der Waals surface area contributed by atoms with Crippen molar-refractivity contribution in [2.75, 3.05) is 25.1 Å². The quantitative estimate of drug-likeness (QED) is 0.194. The number of hydrogen-bond acceptors (Lipinski definition) is 3. The van der Waals surface area contributed by atoms with Gasteiger partial charge in [0.2, 0.25) is 0 Å². The van der Waals surface area contributed by atoms with E-state index < -0.39 is 0 Å². The number of nitrogens with zero attached hydrogens (tertiary/aromatic N) is 2. The maximum atomic E-state index is 10.9. The lowest BCUT2D eigenvalue weighted by molar-refractivity contribution is 0.415. The molecule has 0 N–H and O–H groups in total. The van der Waals surface area contributed by atoms with Crippen LogP contribution in [0.5, 0.6) is 5.75 Å². The summed E-state index contributed by atoms with van der Waals surface area (Å²) in [4.78, 5) is 2.43. The summed E-state index contributed by atoms with van der Waals surface area (Å²) in [6.45, 7) is 1.92. The van der Waals surface area contributed by atoms with Crippen LogP contribution >= 0.6 is 0 Å².